The summed E-state index contributed by atoms with van der Waals surface area (Å²) in [4.78, 5) is 35.9. The number of hydrogen-bond acceptors (Lipinski definition) is 5. The zero-order valence-corrected chi connectivity index (χ0v) is 14.6. The van der Waals surface area contributed by atoms with E-state index in [9.17, 15) is 14.4 Å². The first-order chi connectivity index (χ1) is 12.5. The SMILES string of the molecule is CCCCn1nc(C(=O)Nc2ccc3c(c2)NC(=O)C(C)O3)ccc1=O. The summed E-state index contributed by atoms with van der Waals surface area (Å²) in [5.41, 5.74) is 0.886. The molecule has 0 aliphatic carbocycles. The molecule has 2 heterocycles. The van der Waals surface area contributed by atoms with Gasteiger partial charge in [0.1, 0.15) is 11.4 Å². The van der Waals surface area contributed by atoms with Gasteiger partial charge in [-0.1, -0.05) is 13.3 Å². The lowest BCUT2D eigenvalue weighted by Gasteiger charge is -2.23. The lowest BCUT2D eigenvalue weighted by Crippen LogP contribution is -2.34. The van der Waals surface area contributed by atoms with Gasteiger partial charge in [-0.15, -0.1) is 0 Å². The van der Waals surface area contributed by atoms with Crippen LogP contribution in [0.3, 0.4) is 0 Å². The van der Waals surface area contributed by atoms with Gasteiger partial charge in [0.15, 0.2) is 6.10 Å². The minimum absolute atomic E-state index is 0.146. The van der Waals surface area contributed by atoms with Crippen molar-refractivity contribution in [3.63, 3.8) is 0 Å². The van der Waals surface area contributed by atoms with Gasteiger partial charge in [-0.05, 0) is 37.6 Å². The molecular weight excluding hydrogens is 336 g/mol. The van der Waals surface area contributed by atoms with Gasteiger partial charge >= 0.3 is 0 Å². The summed E-state index contributed by atoms with van der Waals surface area (Å²) in [6, 6.07) is 7.69. The molecule has 1 atom stereocenters. The monoisotopic (exact) mass is 356 g/mol. The summed E-state index contributed by atoms with van der Waals surface area (Å²) >= 11 is 0. The Morgan fingerprint density at radius 1 is 1.31 bits per heavy atom. The van der Waals surface area contributed by atoms with Crippen molar-refractivity contribution < 1.29 is 14.3 Å². The molecule has 8 nitrogen and oxygen atoms in total. The Hall–Kier alpha value is -3.16. The molecule has 0 radical (unpaired) electrons. The number of nitrogens with one attached hydrogen (secondary N) is 2. The third-order valence-corrected chi connectivity index (χ3v) is 3.99. The highest BCUT2D eigenvalue weighted by Gasteiger charge is 2.23. The van der Waals surface area contributed by atoms with Crippen molar-refractivity contribution in [2.45, 2.75) is 39.3 Å². The van der Waals surface area contributed by atoms with Crippen LogP contribution in [0.2, 0.25) is 0 Å². The van der Waals surface area contributed by atoms with E-state index in [2.05, 4.69) is 15.7 Å². The van der Waals surface area contributed by atoms with Gasteiger partial charge in [0.25, 0.3) is 17.4 Å². The Kier molecular flexibility index (Phi) is 5.01. The maximum atomic E-state index is 12.4. The van der Waals surface area contributed by atoms with Gasteiger partial charge in [-0.2, -0.15) is 5.10 Å². The van der Waals surface area contributed by atoms with E-state index in [0.29, 0.717) is 23.7 Å². The maximum Gasteiger partial charge on any atom is 0.276 e. The summed E-state index contributed by atoms with van der Waals surface area (Å²) in [6.45, 7) is 4.14. The largest absolute Gasteiger partial charge is 0.479 e. The molecule has 0 fully saturated rings. The number of benzene rings is 1. The molecule has 2 N–H and O–H groups in total. The molecule has 0 saturated carbocycles. The van der Waals surface area contributed by atoms with Crippen LogP contribution in [0.4, 0.5) is 11.4 Å². The zero-order chi connectivity index (χ0) is 18.7. The number of unbranched alkanes of at least 4 members (excludes halogenated alkanes) is 1. The highest BCUT2D eigenvalue weighted by Crippen LogP contribution is 2.32. The summed E-state index contributed by atoms with van der Waals surface area (Å²) < 4.78 is 6.77. The van der Waals surface area contributed by atoms with Crippen molar-refractivity contribution in [1.29, 1.82) is 0 Å². The van der Waals surface area contributed by atoms with Crippen LogP contribution in [-0.4, -0.2) is 27.7 Å². The predicted octanol–water partition coefficient (Wildman–Crippen LogP) is 2.02. The van der Waals surface area contributed by atoms with E-state index < -0.39 is 12.0 Å². The molecule has 0 bridgehead atoms. The van der Waals surface area contributed by atoms with Crippen molar-refractivity contribution in [3.05, 3.63) is 46.4 Å². The molecule has 1 aromatic heterocycles. The number of carbonyl (C=O) groups is 2. The van der Waals surface area contributed by atoms with Crippen LogP contribution in [0.5, 0.6) is 5.75 Å². The Morgan fingerprint density at radius 3 is 2.88 bits per heavy atom. The third kappa shape index (κ3) is 3.74. The van der Waals surface area contributed by atoms with Gasteiger partial charge in [-0.25, -0.2) is 4.68 Å². The number of anilines is 2. The summed E-state index contributed by atoms with van der Waals surface area (Å²) in [7, 11) is 0. The number of amides is 2. The van der Waals surface area contributed by atoms with Gasteiger partial charge in [0, 0.05) is 18.3 Å². The quantitative estimate of drug-likeness (QED) is 0.853. The molecule has 2 aromatic rings. The first kappa shape index (κ1) is 17.7. The van der Waals surface area contributed by atoms with E-state index >= 15 is 0 Å². The lowest BCUT2D eigenvalue weighted by atomic mass is 10.2. The van der Waals surface area contributed by atoms with E-state index in [-0.39, 0.29) is 17.2 Å². The van der Waals surface area contributed by atoms with Gasteiger partial charge < -0.3 is 15.4 Å². The van der Waals surface area contributed by atoms with E-state index in [4.69, 9.17) is 4.74 Å². The highest BCUT2D eigenvalue weighted by molar-refractivity contribution is 6.04. The average molecular weight is 356 g/mol. The first-order valence-corrected chi connectivity index (χ1v) is 8.49. The molecule has 0 saturated heterocycles. The fraction of sp³-hybridized carbons (Fsp3) is 0.333. The van der Waals surface area contributed by atoms with Gasteiger partial charge in [0.05, 0.1) is 5.69 Å². The van der Waals surface area contributed by atoms with Gasteiger partial charge in [-0.3, -0.25) is 14.4 Å². The zero-order valence-electron chi connectivity index (χ0n) is 14.6. The number of aryl methyl sites for hydroxylation is 1. The number of fused-ring (bicyclic) bond motifs is 1. The minimum Gasteiger partial charge on any atom is -0.479 e. The summed E-state index contributed by atoms with van der Waals surface area (Å²) in [6.07, 6.45) is 1.17. The topological polar surface area (TPSA) is 102 Å². The third-order valence-electron chi connectivity index (χ3n) is 3.99. The van der Waals surface area contributed by atoms with Crippen LogP contribution in [0.1, 0.15) is 37.2 Å². The minimum atomic E-state index is -0.559. The Labute approximate surface area is 150 Å². The second-order valence-electron chi connectivity index (χ2n) is 6.05. The van der Waals surface area contributed by atoms with E-state index in [0.717, 1.165) is 12.8 Å². The fourth-order valence-electron chi connectivity index (χ4n) is 2.52. The van der Waals surface area contributed by atoms with E-state index in [1.165, 1.54) is 16.8 Å². The number of rotatable bonds is 5. The summed E-state index contributed by atoms with van der Waals surface area (Å²) in [5.74, 6) is -0.140. The Bertz CT molecular complexity index is 906. The van der Waals surface area contributed by atoms with Crippen molar-refractivity contribution in [3.8, 4) is 5.75 Å². The van der Waals surface area contributed by atoms with Crippen molar-refractivity contribution in [2.24, 2.45) is 0 Å². The highest BCUT2D eigenvalue weighted by atomic mass is 16.5. The Balaban J connectivity index is 1.77. The smallest absolute Gasteiger partial charge is 0.276 e. The van der Waals surface area contributed by atoms with Crippen molar-refractivity contribution in [1.82, 2.24) is 9.78 Å². The first-order valence-electron chi connectivity index (χ1n) is 8.49. The van der Waals surface area contributed by atoms with Gasteiger partial charge in [0.2, 0.25) is 0 Å². The molecule has 3 rings (SSSR count). The number of carbonyl (C=O) groups excluding carboxylic acids is 2. The molecule has 2 amide bonds. The molecule has 26 heavy (non-hydrogen) atoms. The van der Waals surface area contributed by atoms with Crippen LogP contribution >= 0.6 is 0 Å². The van der Waals surface area contributed by atoms with Crippen LogP contribution in [-0.2, 0) is 11.3 Å². The van der Waals surface area contributed by atoms with E-state index in [1.807, 2.05) is 6.92 Å². The molecule has 1 unspecified atom stereocenters. The van der Waals surface area contributed by atoms with Crippen LogP contribution in [0, 0.1) is 0 Å². The molecule has 1 aliphatic rings. The summed E-state index contributed by atoms with van der Waals surface area (Å²) in [5, 5.41) is 9.55. The second-order valence-corrected chi connectivity index (χ2v) is 6.05. The molecule has 1 aromatic carbocycles. The fourth-order valence-corrected chi connectivity index (χ4v) is 2.52. The number of aromatic nitrogens is 2. The van der Waals surface area contributed by atoms with Crippen LogP contribution < -0.4 is 20.9 Å². The maximum absolute atomic E-state index is 12.4. The standard InChI is InChI=1S/C18H20N4O4/c1-3-4-9-22-16(23)8-6-13(21-22)18(25)19-12-5-7-15-14(10-12)20-17(24)11(2)26-15/h5-8,10-11H,3-4,9H2,1-2H3,(H,19,25)(H,20,24). The van der Waals surface area contributed by atoms with E-state index in [1.54, 1.807) is 25.1 Å². The molecule has 1 aliphatic heterocycles. The normalized spacial score (nSPS) is 15.6. The average Bonchev–Trinajstić information content (AvgIpc) is 2.62. The number of ether oxygens (including phenoxy) is 1. The van der Waals surface area contributed by atoms with Crippen LogP contribution in [0.15, 0.2) is 35.1 Å². The van der Waals surface area contributed by atoms with Crippen molar-refractivity contribution in [2.75, 3.05) is 10.6 Å². The molecular formula is C18H20N4O4. The van der Waals surface area contributed by atoms with Crippen molar-refractivity contribution >= 4 is 23.2 Å². The van der Waals surface area contributed by atoms with Crippen LogP contribution in [0.25, 0.3) is 0 Å². The second kappa shape index (κ2) is 7.38. The molecule has 0 spiro atoms. The number of nitrogens with zero attached hydrogens (tertiary/aromatic N) is 2. The lowest BCUT2D eigenvalue weighted by molar-refractivity contribution is -0.122. The number of hydrogen-bond donors (Lipinski definition) is 2. The Morgan fingerprint density at radius 2 is 2.12 bits per heavy atom. The molecule has 136 valence electrons. The predicted molar refractivity (Wildman–Crippen MR) is 96.5 cm³/mol. The molecule has 8 heteroatoms.